The second-order valence-electron chi connectivity index (χ2n) is 10.00. The van der Waals surface area contributed by atoms with Gasteiger partial charge in [-0.3, -0.25) is 9.69 Å². The van der Waals surface area contributed by atoms with E-state index in [1.165, 1.54) is 0 Å². The molecule has 2 aromatic rings. The van der Waals surface area contributed by atoms with Crippen LogP contribution < -0.4 is 18.9 Å². The Balaban J connectivity index is 1.09. The first-order chi connectivity index (χ1) is 19.7. The minimum Gasteiger partial charge on any atom is -0.459 e. The first-order valence-corrected chi connectivity index (χ1v) is 13.6. The van der Waals surface area contributed by atoms with Crippen LogP contribution in [0.1, 0.15) is 23.5 Å². The van der Waals surface area contributed by atoms with E-state index in [0.29, 0.717) is 50.0 Å². The van der Waals surface area contributed by atoms with Gasteiger partial charge in [-0.2, -0.15) is 0 Å². The quantitative estimate of drug-likeness (QED) is 0.439. The second kappa shape index (κ2) is 12.3. The second-order valence-corrected chi connectivity index (χ2v) is 10.00. The van der Waals surface area contributed by atoms with Crippen LogP contribution in [0.5, 0.6) is 23.0 Å². The molecule has 1 saturated heterocycles. The fourth-order valence-electron chi connectivity index (χ4n) is 5.25. The summed E-state index contributed by atoms with van der Waals surface area (Å²) in [6, 6.07) is 11.8. The summed E-state index contributed by atoms with van der Waals surface area (Å²) in [6.45, 7) is 4.75. The molecule has 0 bridgehead atoms. The lowest BCUT2D eigenvalue weighted by atomic mass is 9.92. The van der Waals surface area contributed by atoms with Crippen LogP contribution in [0.2, 0.25) is 0 Å². The van der Waals surface area contributed by atoms with Crippen molar-refractivity contribution in [1.29, 1.82) is 0 Å². The lowest BCUT2D eigenvalue weighted by molar-refractivity contribution is -0.157. The molecular formula is C29H34N2O9. The fraction of sp³-hybridized carbons (Fsp3) is 0.483. The zero-order valence-electron chi connectivity index (χ0n) is 22.3. The van der Waals surface area contributed by atoms with E-state index in [1.54, 1.807) is 0 Å². The van der Waals surface area contributed by atoms with E-state index >= 15 is 0 Å². The van der Waals surface area contributed by atoms with Crippen molar-refractivity contribution >= 4 is 5.91 Å². The van der Waals surface area contributed by atoms with Crippen LogP contribution in [0.15, 0.2) is 48.2 Å². The number of piperazine rings is 1. The smallest absolute Gasteiger partial charge is 0.288 e. The fourth-order valence-corrected chi connectivity index (χ4v) is 5.25. The van der Waals surface area contributed by atoms with E-state index in [-0.39, 0.29) is 38.6 Å². The highest BCUT2D eigenvalue weighted by atomic mass is 16.7. The molecule has 1 amide bonds. The van der Waals surface area contributed by atoms with E-state index < -0.39 is 6.29 Å². The van der Waals surface area contributed by atoms with Crippen LogP contribution in [0.25, 0.3) is 0 Å². The van der Waals surface area contributed by atoms with Crippen molar-refractivity contribution in [3.05, 3.63) is 59.4 Å². The molecule has 0 unspecified atom stereocenters. The number of ether oxygens (including phenoxy) is 7. The maximum Gasteiger partial charge on any atom is 0.288 e. The molecule has 1 N–H and O–H groups in total. The molecular weight excluding hydrogens is 520 g/mol. The minimum atomic E-state index is -0.607. The van der Waals surface area contributed by atoms with Crippen molar-refractivity contribution in [2.75, 3.05) is 66.2 Å². The van der Waals surface area contributed by atoms with Crippen LogP contribution >= 0.6 is 0 Å². The number of hydrogen-bond acceptors (Lipinski definition) is 10. The molecule has 1 fully saturated rings. The maximum absolute atomic E-state index is 13.6. The van der Waals surface area contributed by atoms with Crippen LogP contribution in [-0.4, -0.2) is 93.3 Å². The van der Waals surface area contributed by atoms with Gasteiger partial charge >= 0.3 is 0 Å². The van der Waals surface area contributed by atoms with Crippen molar-refractivity contribution in [3.63, 3.8) is 0 Å². The third-order valence-electron chi connectivity index (χ3n) is 7.36. The number of carbonyl (C=O) groups excluding carboxylic acids is 1. The molecule has 0 radical (unpaired) electrons. The number of aliphatic hydroxyl groups is 1. The van der Waals surface area contributed by atoms with Gasteiger partial charge in [-0.25, -0.2) is 0 Å². The van der Waals surface area contributed by atoms with Crippen molar-refractivity contribution < 1.29 is 43.1 Å². The normalized spacial score (nSPS) is 21.7. The summed E-state index contributed by atoms with van der Waals surface area (Å²) >= 11 is 0. The predicted octanol–water partition coefficient (Wildman–Crippen LogP) is 2.23. The number of allylic oxidation sites excluding steroid dienone is 1. The Kier molecular flexibility index (Phi) is 8.24. The highest BCUT2D eigenvalue weighted by Crippen LogP contribution is 2.39. The summed E-state index contributed by atoms with van der Waals surface area (Å²) < 4.78 is 39.2. The molecule has 0 aliphatic carbocycles. The van der Waals surface area contributed by atoms with Gasteiger partial charge in [0.1, 0.15) is 0 Å². The number of benzene rings is 2. The maximum atomic E-state index is 13.6. The van der Waals surface area contributed by atoms with Crippen LogP contribution in [0.3, 0.4) is 0 Å². The molecule has 0 aromatic heterocycles. The van der Waals surface area contributed by atoms with Crippen molar-refractivity contribution in [1.82, 2.24) is 9.80 Å². The summed E-state index contributed by atoms with van der Waals surface area (Å²) in [5.74, 6) is 3.01. The average molecular weight is 555 g/mol. The average Bonchev–Trinajstić information content (AvgIpc) is 3.66. The molecule has 40 heavy (non-hydrogen) atoms. The van der Waals surface area contributed by atoms with Gasteiger partial charge in [0.05, 0.1) is 26.4 Å². The first-order valence-electron chi connectivity index (χ1n) is 13.6. The zero-order valence-corrected chi connectivity index (χ0v) is 22.3. The van der Waals surface area contributed by atoms with Crippen LogP contribution in [0, 0.1) is 0 Å². The van der Waals surface area contributed by atoms with Gasteiger partial charge in [-0.05, 0) is 41.5 Å². The summed E-state index contributed by atoms with van der Waals surface area (Å²) in [5, 5.41) is 8.91. The van der Waals surface area contributed by atoms with Crippen LogP contribution in [-0.2, 0) is 25.5 Å². The third-order valence-corrected chi connectivity index (χ3v) is 7.36. The summed E-state index contributed by atoms with van der Waals surface area (Å²) in [7, 11) is 0. The number of aliphatic hydroxyl groups excluding tert-OH is 1. The lowest BCUT2D eigenvalue weighted by Gasteiger charge is -2.36. The van der Waals surface area contributed by atoms with Gasteiger partial charge in [-0.15, -0.1) is 0 Å². The van der Waals surface area contributed by atoms with Gasteiger partial charge in [0.15, 0.2) is 28.8 Å². The number of hydrogen-bond donors (Lipinski definition) is 1. The number of fused-ring (bicyclic) bond motifs is 2. The Morgan fingerprint density at radius 1 is 0.875 bits per heavy atom. The van der Waals surface area contributed by atoms with E-state index in [1.807, 2.05) is 41.3 Å². The van der Waals surface area contributed by atoms with Gasteiger partial charge < -0.3 is 43.2 Å². The molecule has 4 aliphatic rings. The predicted molar refractivity (Wildman–Crippen MR) is 141 cm³/mol. The molecule has 4 aliphatic heterocycles. The molecule has 0 saturated carbocycles. The number of nitrogens with zero attached hydrogens (tertiary/aromatic N) is 2. The van der Waals surface area contributed by atoms with E-state index in [2.05, 4.69) is 11.0 Å². The first kappa shape index (κ1) is 26.7. The number of amides is 1. The number of rotatable bonds is 10. The molecule has 0 spiro atoms. The van der Waals surface area contributed by atoms with Gasteiger partial charge in [0.25, 0.3) is 5.91 Å². The third kappa shape index (κ3) is 6.12. The molecule has 11 heteroatoms. The molecule has 4 heterocycles. The number of carbonyl (C=O) groups is 1. The Bertz CT molecular complexity index is 1230. The monoisotopic (exact) mass is 554 g/mol. The summed E-state index contributed by atoms with van der Waals surface area (Å²) in [5.41, 5.74) is 2.15. The van der Waals surface area contributed by atoms with Crippen molar-refractivity contribution in [3.8, 4) is 23.0 Å². The van der Waals surface area contributed by atoms with E-state index in [9.17, 15) is 4.79 Å². The minimum absolute atomic E-state index is 0.0442. The zero-order chi connectivity index (χ0) is 27.3. The topological polar surface area (TPSA) is 108 Å². The van der Waals surface area contributed by atoms with Gasteiger partial charge in [0.2, 0.25) is 19.9 Å². The molecule has 214 valence electrons. The Hall–Kier alpha value is -3.51. The van der Waals surface area contributed by atoms with Crippen molar-refractivity contribution in [2.24, 2.45) is 0 Å². The van der Waals surface area contributed by atoms with E-state index in [4.69, 9.17) is 38.3 Å². The lowest BCUT2D eigenvalue weighted by Crippen LogP contribution is -2.49. The summed E-state index contributed by atoms with van der Waals surface area (Å²) in [6.07, 6.45) is 1.82. The van der Waals surface area contributed by atoms with Gasteiger partial charge in [-0.1, -0.05) is 12.1 Å². The molecule has 6 rings (SSSR count). The van der Waals surface area contributed by atoms with E-state index in [0.717, 1.165) is 42.3 Å². The highest BCUT2D eigenvalue weighted by molar-refractivity contribution is 5.92. The van der Waals surface area contributed by atoms with Gasteiger partial charge in [0, 0.05) is 45.1 Å². The largest absolute Gasteiger partial charge is 0.459 e. The van der Waals surface area contributed by atoms with Crippen LogP contribution in [0.4, 0.5) is 0 Å². The Labute approximate surface area is 232 Å². The molecule has 11 nitrogen and oxygen atoms in total. The highest BCUT2D eigenvalue weighted by Gasteiger charge is 2.33. The SMILES string of the molecule is O=C(C1=C[C@@H](c2ccc3c(c2)OCO3)C[C@@H](OCCOCCO)O1)N1CCN(Cc2ccc3c(c2)OCO3)CC1. The molecule has 2 atom stereocenters. The van der Waals surface area contributed by atoms with Crippen molar-refractivity contribution in [2.45, 2.75) is 25.2 Å². The Morgan fingerprint density at radius 3 is 2.38 bits per heavy atom. The summed E-state index contributed by atoms with van der Waals surface area (Å²) in [4.78, 5) is 17.8. The Morgan fingerprint density at radius 2 is 1.60 bits per heavy atom. The standard InChI is InChI=1S/C29H34N2O9/c32-9-10-34-11-12-35-28-16-22(21-2-4-24-26(14-21)39-19-37-24)15-27(40-28)29(33)31-7-5-30(6-8-31)17-20-1-3-23-25(13-20)38-18-36-23/h1-4,13-15,22,28,32H,5-12,16-19H2/t22-,28+/m1/s1. The molecule has 2 aromatic carbocycles.